The van der Waals surface area contributed by atoms with Gasteiger partial charge in [-0.25, -0.2) is 5.10 Å². The van der Waals surface area contributed by atoms with Crippen LogP contribution in [0.25, 0.3) is 11.3 Å². The lowest BCUT2D eigenvalue weighted by Crippen LogP contribution is -2.05. The van der Waals surface area contributed by atoms with Crippen molar-refractivity contribution in [2.45, 2.75) is 6.42 Å². The average molecular weight is 230 g/mol. The summed E-state index contributed by atoms with van der Waals surface area (Å²) in [5.41, 5.74) is 1.82. The summed E-state index contributed by atoms with van der Waals surface area (Å²) in [5.74, 6) is -0.878. The van der Waals surface area contributed by atoms with E-state index in [2.05, 4.69) is 10.2 Å². The van der Waals surface area contributed by atoms with Gasteiger partial charge in [0.1, 0.15) is 0 Å². The van der Waals surface area contributed by atoms with E-state index < -0.39 is 5.97 Å². The van der Waals surface area contributed by atoms with Crippen LogP contribution in [0.2, 0.25) is 0 Å². The second-order valence-corrected chi connectivity index (χ2v) is 3.58. The Morgan fingerprint density at radius 2 is 2.12 bits per heavy atom. The molecule has 1 heterocycles. The zero-order valence-electron chi connectivity index (χ0n) is 8.88. The highest BCUT2D eigenvalue weighted by molar-refractivity contribution is 5.71. The zero-order valence-corrected chi connectivity index (χ0v) is 8.88. The van der Waals surface area contributed by atoms with Crippen LogP contribution in [0.15, 0.2) is 41.2 Å². The first-order valence-electron chi connectivity index (χ1n) is 5.02. The summed E-state index contributed by atoms with van der Waals surface area (Å²) in [5, 5.41) is 14.9. The molecule has 0 saturated carbocycles. The largest absolute Gasteiger partial charge is 0.481 e. The summed E-state index contributed by atoms with van der Waals surface area (Å²) in [7, 11) is 0. The van der Waals surface area contributed by atoms with Gasteiger partial charge in [0.05, 0.1) is 12.1 Å². The van der Waals surface area contributed by atoms with E-state index in [0.717, 1.165) is 5.56 Å². The summed E-state index contributed by atoms with van der Waals surface area (Å²) >= 11 is 0. The molecule has 0 aliphatic carbocycles. The van der Waals surface area contributed by atoms with Crippen molar-refractivity contribution in [3.05, 3.63) is 52.3 Å². The quantitative estimate of drug-likeness (QED) is 0.826. The molecule has 0 aliphatic heterocycles. The van der Waals surface area contributed by atoms with Gasteiger partial charge in [0.15, 0.2) is 0 Å². The van der Waals surface area contributed by atoms with E-state index in [1.165, 1.54) is 6.07 Å². The van der Waals surface area contributed by atoms with Crippen molar-refractivity contribution in [2.75, 3.05) is 0 Å². The molecule has 0 saturated heterocycles. The number of rotatable bonds is 3. The molecule has 86 valence electrons. The van der Waals surface area contributed by atoms with Crippen LogP contribution in [-0.4, -0.2) is 21.3 Å². The third kappa shape index (κ3) is 2.78. The molecule has 2 rings (SSSR count). The van der Waals surface area contributed by atoms with Gasteiger partial charge in [-0.2, -0.15) is 5.10 Å². The number of H-pyrrole nitrogens is 1. The van der Waals surface area contributed by atoms with Gasteiger partial charge in [-0.1, -0.05) is 18.2 Å². The second-order valence-electron chi connectivity index (χ2n) is 3.58. The van der Waals surface area contributed by atoms with Crippen LogP contribution in [0.5, 0.6) is 0 Å². The van der Waals surface area contributed by atoms with Crippen LogP contribution in [-0.2, 0) is 11.2 Å². The average Bonchev–Trinajstić information content (AvgIpc) is 2.29. The molecule has 0 fully saturated rings. The fourth-order valence-electron chi connectivity index (χ4n) is 1.52. The topological polar surface area (TPSA) is 83.0 Å². The van der Waals surface area contributed by atoms with Gasteiger partial charge < -0.3 is 5.11 Å². The highest BCUT2D eigenvalue weighted by Gasteiger charge is 2.03. The standard InChI is InChI=1S/C12H10N2O3/c15-11-5-4-10(13-14-11)9-3-1-2-8(6-9)7-12(16)17/h1-6H,7H2,(H,14,15)(H,16,17). The van der Waals surface area contributed by atoms with Crippen LogP contribution in [0.3, 0.4) is 0 Å². The lowest BCUT2D eigenvalue weighted by atomic mass is 10.1. The summed E-state index contributed by atoms with van der Waals surface area (Å²) < 4.78 is 0. The van der Waals surface area contributed by atoms with Gasteiger partial charge in [0.2, 0.25) is 0 Å². The Morgan fingerprint density at radius 1 is 1.29 bits per heavy atom. The maximum atomic E-state index is 10.9. The van der Waals surface area contributed by atoms with Gasteiger partial charge >= 0.3 is 5.97 Å². The predicted octanol–water partition coefficient (Wildman–Crippen LogP) is 1.06. The zero-order chi connectivity index (χ0) is 12.3. The number of carboxylic acids is 1. The van der Waals surface area contributed by atoms with Gasteiger partial charge in [0.25, 0.3) is 5.56 Å². The Hall–Kier alpha value is -2.43. The molecule has 0 spiro atoms. The molecule has 0 bridgehead atoms. The fourth-order valence-corrected chi connectivity index (χ4v) is 1.52. The first-order chi connectivity index (χ1) is 8.15. The Kier molecular flexibility index (Phi) is 3.00. The minimum absolute atomic E-state index is 0.0306. The number of hydrogen-bond acceptors (Lipinski definition) is 3. The highest BCUT2D eigenvalue weighted by atomic mass is 16.4. The number of aromatic nitrogens is 2. The Morgan fingerprint density at radius 3 is 2.76 bits per heavy atom. The van der Waals surface area contributed by atoms with Crippen LogP contribution in [0, 0.1) is 0 Å². The van der Waals surface area contributed by atoms with Crippen molar-refractivity contribution in [3.63, 3.8) is 0 Å². The number of nitrogens with zero attached hydrogens (tertiary/aromatic N) is 1. The molecule has 5 heteroatoms. The highest BCUT2D eigenvalue weighted by Crippen LogP contribution is 2.16. The number of benzene rings is 1. The third-order valence-corrected chi connectivity index (χ3v) is 2.26. The lowest BCUT2D eigenvalue weighted by molar-refractivity contribution is -0.136. The Balaban J connectivity index is 2.35. The number of carbonyl (C=O) groups is 1. The Bertz CT molecular complexity index is 584. The van der Waals surface area contributed by atoms with Crippen LogP contribution >= 0.6 is 0 Å². The lowest BCUT2D eigenvalue weighted by Gasteiger charge is -2.02. The van der Waals surface area contributed by atoms with E-state index in [0.29, 0.717) is 11.3 Å². The van der Waals surface area contributed by atoms with E-state index >= 15 is 0 Å². The van der Waals surface area contributed by atoms with Crippen LogP contribution in [0.4, 0.5) is 0 Å². The number of aliphatic carboxylic acids is 1. The first kappa shape index (κ1) is 11.1. The maximum absolute atomic E-state index is 10.9. The smallest absolute Gasteiger partial charge is 0.307 e. The molecular weight excluding hydrogens is 220 g/mol. The van der Waals surface area contributed by atoms with Crippen LogP contribution in [0.1, 0.15) is 5.56 Å². The van der Waals surface area contributed by atoms with E-state index in [1.54, 1.807) is 24.3 Å². The number of nitrogens with one attached hydrogen (secondary N) is 1. The maximum Gasteiger partial charge on any atom is 0.307 e. The van der Waals surface area contributed by atoms with Crippen molar-refractivity contribution >= 4 is 5.97 Å². The molecule has 0 amide bonds. The second kappa shape index (κ2) is 4.61. The van der Waals surface area contributed by atoms with E-state index in [1.807, 2.05) is 6.07 Å². The molecule has 5 nitrogen and oxygen atoms in total. The molecule has 0 radical (unpaired) electrons. The van der Waals surface area contributed by atoms with Crippen molar-refractivity contribution in [2.24, 2.45) is 0 Å². The van der Waals surface area contributed by atoms with Crippen LogP contribution < -0.4 is 5.56 Å². The normalized spacial score (nSPS) is 10.1. The minimum Gasteiger partial charge on any atom is -0.481 e. The van der Waals surface area contributed by atoms with Crippen molar-refractivity contribution in [1.82, 2.24) is 10.2 Å². The molecule has 0 atom stereocenters. The summed E-state index contributed by atoms with van der Waals surface area (Å²) in [6.07, 6.45) is -0.0306. The molecular formula is C12H10N2O3. The predicted molar refractivity (Wildman–Crippen MR) is 61.6 cm³/mol. The van der Waals surface area contributed by atoms with Crippen molar-refractivity contribution in [1.29, 1.82) is 0 Å². The first-order valence-corrected chi connectivity index (χ1v) is 5.02. The van der Waals surface area contributed by atoms with E-state index in [9.17, 15) is 9.59 Å². The number of hydrogen-bond donors (Lipinski definition) is 2. The van der Waals surface area contributed by atoms with Crippen molar-refractivity contribution < 1.29 is 9.90 Å². The van der Waals surface area contributed by atoms with Gasteiger partial charge in [-0.3, -0.25) is 9.59 Å². The summed E-state index contributed by atoms with van der Waals surface area (Å²) in [6, 6.07) is 10.0. The van der Waals surface area contributed by atoms with Crippen molar-refractivity contribution in [3.8, 4) is 11.3 Å². The number of aromatic amines is 1. The summed E-state index contributed by atoms with van der Waals surface area (Å²) in [4.78, 5) is 21.5. The molecule has 0 unspecified atom stereocenters. The van der Waals surface area contributed by atoms with E-state index in [4.69, 9.17) is 5.11 Å². The monoisotopic (exact) mass is 230 g/mol. The Labute approximate surface area is 96.7 Å². The number of carboxylic acid groups (broad SMARTS) is 1. The molecule has 0 aliphatic rings. The molecule has 2 N–H and O–H groups in total. The third-order valence-electron chi connectivity index (χ3n) is 2.26. The van der Waals surface area contributed by atoms with E-state index in [-0.39, 0.29) is 12.0 Å². The summed E-state index contributed by atoms with van der Waals surface area (Å²) in [6.45, 7) is 0. The SMILES string of the molecule is O=C(O)Cc1cccc(-c2ccc(=O)[nH]n2)c1. The molecule has 17 heavy (non-hydrogen) atoms. The molecule has 1 aromatic heterocycles. The minimum atomic E-state index is -0.878. The van der Waals surface area contributed by atoms with Gasteiger partial charge in [-0.05, 0) is 17.7 Å². The molecule has 2 aromatic rings. The van der Waals surface area contributed by atoms with Gasteiger partial charge in [0, 0.05) is 11.6 Å². The van der Waals surface area contributed by atoms with Gasteiger partial charge in [-0.15, -0.1) is 0 Å². The fraction of sp³-hybridized carbons (Fsp3) is 0.0833. The molecule has 1 aromatic carbocycles.